The molecule has 0 amide bonds. The predicted octanol–water partition coefficient (Wildman–Crippen LogP) is 1.31. The molecule has 6 nitrogen and oxygen atoms in total. The third kappa shape index (κ3) is 1.80. The topological polar surface area (TPSA) is 82.5 Å². The first-order valence-electron chi connectivity index (χ1n) is 5.40. The van der Waals surface area contributed by atoms with Gasteiger partial charge in [-0.2, -0.15) is 0 Å². The predicted molar refractivity (Wildman–Crippen MR) is 66.8 cm³/mol. The van der Waals surface area contributed by atoms with Crippen molar-refractivity contribution in [1.82, 2.24) is 25.2 Å². The Labute approximate surface area is 103 Å². The average molecular weight is 238 g/mol. The summed E-state index contributed by atoms with van der Waals surface area (Å²) in [7, 11) is 0. The van der Waals surface area contributed by atoms with Crippen molar-refractivity contribution in [3.63, 3.8) is 0 Å². The Hall–Kier alpha value is -2.76. The van der Waals surface area contributed by atoms with Crippen LogP contribution < -0.4 is 5.73 Å². The monoisotopic (exact) mass is 238 g/mol. The maximum Gasteiger partial charge on any atom is 0.205 e. The molecular weight excluding hydrogens is 228 g/mol. The van der Waals surface area contributed by atoms with Gasteiger partial charge in [-0.25, -0.2) is 0 Å². The fraction of sp³-hybridized carbons (Fsp3) is 0. The SMILES string of the molecule is Nc1cnccc1-n1nnc(-c2ccccc2)n1. The lowest BCUT2D eigenvalue weighted by molar-refractivity contribution is 0.721. The molecule has 0 aliphatic carbocycles. The molecule has 0 aliphatic rings. The van der Waals surface area contributed by atoms with Crippen LogP contribution in [0.1, 0.15) is 0 Å². The maximum absolute atomic E-state index is 5.81. The molecule has 0 saturated heterocycles. The van der Waals surface area contributed by atoms with Crippen LogP contribution in [0.5, 0.6) is 0 Å². The molecule has 2 aromatic heterocycles. The van der Waals surface area contributed by atoms with Crippen LogP contribution in [0.15, 0.2) is 48.8 Å². The first kappa shape index (κ1) is 10.4. The maximum atomic E-state index is 5.81. The fourth-order valence-electron chi connectivity index (χ4n) is 1.60. The molecule has 0 aliphatic heterocycles. The molecule has 0 fully saturated rings. The molecule has 6 heteroatoms. The molecule has 0 saturated carbocycles. The van der Waals surface area contributed by atoms with Gasteiger partial charge in [0.25, 0.3) is 0 Å². The first-order valence-corrected chi connectivity index (χ1v) is 5.40. The molecular formula is C12H10N6. The van der Waals surface area contributed by atoms with Crippen molar-refractivity contribution in [2.45, 2.75) is 0 Å². The number of pyridine rings is 1. The van der Waals surface area contributed by atoms with Crippen LogP contribution in [0.25, 0.3) is 17.1 Å². The summed E-state index contributed by atoms with van der Waals surface area (Å²) in [6.45, 7) is 0. The number of nitrogens with zero attached hydrogens (tertiary/aromatic N) is 5. The molecule has 0 bridgehead atoms. The van der Waals surface area contributed by atoms with Gasteiger partial charge in [0.1, 0.15) is 5.69 Å². The lowest BCUT2D eigenvalue weighted by atomic mass is 10.2. The van der Waals surface area contributed by atoms with Gasteiger partial charge in [0.15, 0.2) is 0 Å². The van der Waals surface area contributed by atoms with E-state index < -0.39 is 0 Å². The van der Waals surface area contributed by atoms with Gasteiger partial charge in [0.05, 0.1) is 11.9 Å². The zero-order valence-corrected chi connectivity index (χ0v) is 9.43. The third-order valence-electron chi connectivity index (χ3n) is 2.49. The van der Waals surface area contributed by atoms with Crippen LogP contribution in [0.2, 0.25) is 0 Å². The van der Waals surface area contributed by atoms with E-state index in [0.717, 1.165) is 5.56 Å². The van der Waals surface area contributed by atoms with Crippen LogP contribution in [0, 0.1) is 0 Å². The van der Waals surface area contributed by atoms with E-state index in [9.17, 15) is 0 Å². The van der Waals surface area contributed by atoms with E-state index in [0.29, 0.717) is 17.2 Å². The summed E-state index contributed by atoms with van der Waals surface area (Å²) in [6, 6.07) is 11.4. The molecule has 0 spiro atoms. The lowest BCUT2D eigenvalue weighted by Crippen LogP contribution is -2.03. The van der Waals surface area contributed by atoms with Crippen molar-refractivity contribution in [1.29, 1.82) is 0 Å². The van der Waals surface area contributed by atoms with Gasteiger partial charge >= 0.3 is 0 Å². The molecule has 2 heterocycles. The molecule has 18 heavy (non-hydrogen) atoms. The summed E-state index contributed by atoms with van der Waals surface area (Å²) in [5.41, 5.74) is 7.90. The van der Waals surface area contributed by atoms with Gasteiger partial charge in [-0.15, -0.1) is 15.0 Å². The van der Waals surface area contributed by atoms with E-state index >= 15 is 0 Å². The largest absolute Gasteiger partial charge is 0.396 e. The van der Waals surface area contributed by atoms with E-state index in [1.807, 2.05) is 30.3 Å². The number of benzene rings is 1. The number of rotatable bonds is 2. The summed E-state index contributed by atoms with van der Waals surface area (Å²) < 4.78 is 0. The Morgan fingerprint density at radius 3 is 2.67 bits per heavy atom. The Morgan fingerprint density at radius 1 is 1.06 bits per heavy atom. The van der Waals surface area contributed by atoms with Crippen molar-refractivity contribution in [3.05, 3.63) is 48.8 Å². The minimum Gasteiger partial charge on any atom is -0.396 e. The van der Waals surface area contributed by atoms with Crippen LogP contribution in [-0.2, 0) is 0 Å². The number of hydrogen-bond donors (Lipinski definition) is 1. The zero-order chi connectivity index (χ0) is 12.4. The molecule has 2 N–H and O–H groups in total. The fourth-order valence-corrected chi connectivity index (χ4v) is 1.60. The normalized spacial score (nSPS) is 10.4. The van der Waals surface area contributed by atoms with E-state index in [4.69, 9.17) is 5.73 Å². The highest BCUT2D eigenvalue weighted by Gasteiger charge is 2.08. The molecule has 0 radical (unpaired) electrons. The van der Waals surface area contributed by atoms with Crippen LogP contribution in [0.3, 0.4) is 0 Å². The zero-order valence-electron chi connectivity index (χ0n) is 9.43. The molecule has 88 valence electrons. The van der Waals surface area contributed by atoms with Crippen molar-refractivity contribution in [3.8, 4) is 17.1 Å². The highest BCUT2D eigenvalue weighted by molar-refractivity contribution is 5.56. The second kappa shape index (κ2) is 4.25. The molecule has 0 unspecified atom stereocenters. The van der Waals surface area contributed by atoms with Gasteiger partial charge in [0, 0.05) is 11.8 Å². The Balaban J connectivity index is 2.03. The van der Waals surface area contributed by atoms with Gasteiger partial charge in [-0.3, -0.25) is 4.98 Å². The molecule has 3 aromatic rings. The lowest BCUT2D eigenvalue weighted by Gasteiger charge is -2.00. The number of nitrogen functional groups attached to an aromatic ring is 1. The molecule has 1 aromatic carbocycles. The number of nitrogens with two attached hydrogens (primary N) is 1. The van der Waals surface area contributed by atoms with Crippen molar-refractivity contribution >= 4 is 5.69 Å². The third-order valence-corrected chi connectivity index (χ3v) is 2.49. The summed E-state index contributed by atoms with van der Waals surface area (Å²) in [6.07, 6.45) is 3.19. The Kier molecular flexibility index (Phi) is 2.45. The number of hydrogen-bond acceptors (Lipinski definition) is 5. The second-order valence-corrected chi connectivity index (χ2v) is 3.70. The molecule has 0 atom stereocenters. The van der Waals surface area contributed by atoms with Crippen molar-refractivity contribution < 1.29 is 0 Å². The van der Waals surface area contributed by atoms with Gasteiger partial charge in [-0.1, -0.05) is 30.3 Å². The van der Waals surface area contributed by atoms with E-state index in [1.54, 1.807) is 18.5 Å². The van der Waals surface area contributed by atoms with Crippen molar-refractivity contribution in [2.24, 2.45) is 0 Å². The second-order valence-electron chi connectivity index (χ2n) is 3.70. The number of tetrazole rings is 1. The van der Waals surface area contributed by atoms with Crippen molar-refractivity contribution in [2.75, 3.05) is 5.73 Å². The van der Waals surface area contributed by atoms with E-state index in [-0.39, 0.29) is 0 Å². The molecule has 3 rings (SSSR count). The highest BCUT2D eigenvalue weighted by Crippen LogP contribution is 2.16. The summed E-state index contributed by atoms with van der Waals surface area (Å²) in [5, 5.41) is 12.3. The Bertz CT molecular complexity index is 661. The summed E-state index contributed by atoms with van der Waals surface area (Å²) in [4.78, 5) is 5.32. The van der Waals surface area contributed by atoms with Gasteiger partial charge in [-0.05, 0) is 11.3 Å². The van der Waals surface area contributed by atoms with Crippen LogP contribution in [-0.4, -0.2) is 25.2 Å². The number of aromatic nitrogens is 5. The average Bonchev–Trinajstić information content (AvgIpc) is 2.90. The van der Waals surface area contributed by atoms with Crippen LogP contribution in [0.4, 0.5) is 5.69 Å². The number of anilines is 1. The first-order chi connectivity index (χ1) is 8.84. The van der Waals surface area contributed by atoms with Gasteiger partial charge in [0.2, 0.25) is 5.82 Å². The van der Waals surface area contributed by atoms with E-state index in [1.165, 1.54) is 4.80 Å². The standard InChI is InChI=1S/C12H10N6/c13-10-8-14-7-6-11(10)18-16-12(15-17-18)9-4-2-1-3-5-9/h1-8H,13H2. The smallest absolute Gasteiger partial charge is 0.205 e. The highest BCUT2D eigenvalue weighted by atomic mass is 15.6. The minimum absolute atomic E-state index is 0.509. The van der Waals surface area contributed by atoms with Gasteiger partial charge < -0.3 is 5.73 Å². The summed E-state index contributed by atoms with van der Waals surface area (Å²) >= 11 is 0. The Morgan fingerprint density at radius 2 is 1.89 bits per heavy atom. The van der Waals surface area contributed by atoms with Crippen LogP contribution >= 0.6 is 0 Å². The quantitative estimate of drug-likeness (QED) is 0.727. The minimum atomic E-state index is 0.509. The van der Waals surface area contributed by atoms with E-state index in [2.05, 4.69) is 20.4 Å². The summed E-state index contributed by atoms with van der Waals surface area (Å²) in [5.74, 6) is 0.562.